The summed E-state index contributed by atoms with van der Waals surface area (Å²) in [6.07, 6.45) is 1.72. The van der Waals surface area contributed by atoms with Gasteiger partial charge in [0, 0.05) is 16.8 Å². The van der Waals surface area contributed by atoms with E-state index >= 15 is 0 Å². The van der Waals surface area contributed by atoms with E-state index in [-0.39, 0.29) is 11.5 Å². The average molecular weight is 311 g/mol. The fraction of sp³-hybridized carbons (Fsp3) is 0.111. The van der Waals surface area contributed by atoms with Gasteiger partial charge in [-0.25, -0.2) is 4.79 Å². The predicted octanol–water partition coefficient (Wildman–Crippen LogP) is 3.44. The molecular formula is C18H17NO4. The first-order valence-corrected chi connectivity index (χ1v) is 6.97. The lowest BCUT2D eigenvalue weighted by atomic mass is 10.1. The van der Waals surface area contributed by atoms with Gasteiger partial charge in [-0.3, -0.25) is 4.79 Å². The topological polar surface area (TPSA) is 75.6 Å². The Balaban J connectivity index is 2.18. The molecule has 0 unspecified atom stereocenters. The summed E-state index contributed by atoms with van der Waals surface area (Å²) in [6.45, 7) is 1.68. The number of rotatable bonds is 5. The van der Waals surface area contributed by atoms with E-state index in [1.165, 1.54) is 12.1 Å². The lowest BCUT2D eigenvalue weighted by Gasteiger charge is -2.08. The molecule has 0 aliphatic rings. The molecule has 0 fully saturated rings. The number of carbonyl (C=O) groups is 2. The zero-order valence-electron chi connectivity index (χ0n) is 12.9. The summed E-state index contributed by atoms with van der Waals surface area (Å²) in [5.74, 6) is -0.673. The van der Waals surface area contributed by atoms with Crippen LogP contribution in [0.25, 0.3) is 6.08 Å². The number of methoxy groups -OCH3 is 1. The van der Waals surface area contributed by atoms with Gasteiger partial charge in [-0.2, -0.15) is 0 Å². The minimum atomic E-state index is -1.04. The Labute approximate surface area is 134 Å². The smallest absolute Gasteiger partial charge is 0.335 e. The van der Waals surface area contributed by atoms with E-state index in [4.69, 9.17) is 9.84 Å². The molecule has 5 nitrogen and oxygen atoms in total. The number of hydrogen-bond acceptors (Lipinski definition) is 3. The Hall–Kier alpha value is -3.08. The first kappa shape index (κ1) is 16.3. The van der Waals surface area contributed by atoms with Crippen LogP contribution in [-0.2, 0) is 4.79 Å². The van der Waals surface area contributed by atoms with Crippen LogP contribution >= 0.6 is 0 Å². The zero-order valence-corrected chi connectivity index (χ0v) is 12.9. The van der Waals surface area contributed by atoms with Crippen LogP contribution in [0.15, 0.2) is 54.1 Å². The maximum Gasteiger partial charge on any atom is 0.335 e. The van der Waals surface area contributed by atoms with Crippen LogP contribution < -0.4 is 10.1 Å². The Kier molecular flexibility index (Phi) is 5.15. The quantitative estimate of drug-likeness (QED) is 0.829. The van der Waals surface area contributed by atoms with E-state index in [0.29, 0.717) is 17.0 Å². The number of amides is 1. The lowest BCUT2D eigenvalue weighted by molar-refractivity contribution is -0.112. The van der Waals surface area contributed by atoms with Crippen molar-refractivity contribution in [3.63, 3.8) is 0 Å². The summed E-state index contributed by atoms with van der Waals surface area (Å²) in [6, 6.07) is 13.5. The second-order valence-corrected chi connectivity index (χ2v) is 4.91. The molecule has 2 N–H and O–H groups in total. The van der Waals surface area contributed by atoms with Crippen LogP contribution in [0.3, 0.4) is 0 Å². The Bertz CT molecular complexity index is 765. The van der Waals surface area contributed by atoms with Crippen molar-refractivity contribution in [1.82, 2.24) is 0 Å². The monoisotopic (exact) mass is 311 g/mol. The van der Waals surface area contributed by atoms with E-state index in [2.05, 4.69) is 5.32 Å². The van der Waals surface area contributed by atoms with Crippen LogP contribution in [0.2, 0.25) is 0 Å². The Morgan fingerprint density at radius 3 is 2.57 bits per heavy atom. The number of aromatic carboxylic acids is 1. The highest BCUT2D eigenvalue weighted by Gasteiger charge is 2.09. The first-order chi connectivity index (χ1) is 11.0. The van der Waals surface area contributed by atoms with Gasteiger partial charge in [-0.1, -0.05) is 24.3 Å². The second kappa shape index (κ2) is 7.26. The molecule has 2 aromatic rings. The van der Waals surface area contributed by atoms with Crippen molar-refractivity contribution in [2.24, 2.45) is 0 Å². The Morgan fingerprint density at radius 2 is 1.87 bits per heavy atom. The van der Waals surface area contributed by atoms with Crippen LogP contribution in [0.4, 0.5) is 5.69 Å². The van der Waals surface area contributed by atoms with E-state index in [1.54, 1.807) is 32.2 Å². The standard InChI is InChI=1S/C18H17NO4/c1-12(10-13-6-3-4-9-16(13)23-2)17(20)19-15-8-5-7-14(11-15)18(21)22/h3-11H,1-2H3,(H,19,20)(H,21,22)/b12-10+. The molecule has 5 heteroatoms. The number of benzene rings is 2. The third-order valence-corrected chi connectivity index (χ3v) is 3.24. The normalized spacial score (nSPS) is 11.0. The molecule has 0 radical (unpaired) electrons. The number of anilines is 1. The van der Waals surface area contributed by atoms with Crippen LogP contribution in [0.1, 0.15) is 22.8 Å². The summed E-state index contributed by atoms with van der Waals surface area (Å²) in [5.41, 5.74) is 1.83. The van der Waals surface area contributed by atoms with E-state index in [0.717, 1.165) is 5.56 Å². The van der Waals surface area contributed by atoms with Crippen molar-refractivity contribution in [3.05, 3.63) is 65.2 Å². The molecule has 0 heterocycles. The predicted molar refractivity (Wildman–Crippen MR) is 88.7 cm³/mol. The maximum absolute atomic E-state index is 12.2. The van der Waals surface area contributed by atoms with Crippen molar-refractivity contribution in [2.75, 3.05) is 12.4 Å². The highest BCUT2D eigenvalue weighted by atomic mass is 16.5. The molecule has 0 aromatic heterocycles. The molecule has 0 saturated carbocycles. The summed E-state index contributed by atoms with van der Waals surface area (Å²) in [4.78, 5) is 23.2. The van der Waals surface area contributed by atoms with Crippen molar-refractivity contribution < 1.29 is 19.4 Å². The van der Waals surface area contributed by atoms with Crippen LogP contribution in [-0.4, -0.2) is 24.1 Å². The number of hydrogen-bond donors (Lipinski definition) is 2. The number of nitrogens with one attached hydrogen (secondary N) is 1. The van der Waals surface area contributed by atoms with E-state index < -0.39 is 5.97 Å². The second-order valence-electron chi connectivity index (χ2n) is 4.91. The van der Waals surface area contributed by atoms with Gasteiger partial charge < -0.3 is 15.2 Å². The molecule has 2 rings (SSSR count). The SMILES string of the molecule is COc1ccccc1/C=C(\C)C(=O)Nc1cccc(C(=O)O)c1. The molecule has 0 aliphatic carbocycles. The largest absolute Gasteiger partial charge is 0.496 e. The number of ether oxygens (including phenoxy) is 1. The first-order valence-electron chi connectivity index (χ1n) is 6.97. The zero-order chi connectivity index (χ0) is 16.8. The Morgan fingerprint density at radius 1 is 1.13 bits per heavy atom. The molecule has 23 heavy (non-hydrogen) atoms. The maximum atomic E-state index is 12.2. The number of carbonyl (C=O) groups excluding carboxylic acids is 1. The van der Waals surface area contributed by atoms with E-state index in [1.807, 2.05) is 24.3 Å². The van der Waals surface area contributed by atoms with Gasteiger partial charge in [0.05, 0.1) is 12.7 Å². The van der Waals surface area contributed by atoms with Crippen LogP contribution in [0, 0.1) is 0 Å². The molecule has 0 atom stereocenters. The number of carboxylic acid groups (broad SMARTS) is 1. The molecule has 1 amide bonds. The fourth-order valence-corrected chi connectivity index (χ4v) is 2.04. The van der Waals surface area contributed by atoms with Crippen molar-refractivity contribution >= 4 is 23.6 Å². The van der Waals surface area contributed by atoms with Gasteiger partial charge in [0.1, 0.15) is 5.75 Å². The highest BCUT2D eigenvalue weighted by Crippen LogP contribution is 2.21. The van der Waals surface area contributed by atoms with Gasteiger partial charge >= 0.3 is 5.97 Å². The van der Waals surface area contributed by atoms with Crippen molar-refractivity contribution in [2.45, 2.75) is 6.92 Å². The number of para-hydroxylation sites is 1. The van der Waals surface area contributed by atoms with E-state index in [9.17, 15) is 9.59 Å². The summed E-state index contributed by atoms with van der Waals surface area (Å²) in [7, 11) is 1.57. The molecule has 118 valence electrons. The minimum absolute atomic E-state index is 0.120. The molecule has 0 aliphatic heterocycles. The summed E-state index contributed by atoms with van der Waals surface area (Å²) >= 11 is 0. The molecule has 0 bridgehead atoms. The molecule has 2 aromatic carbocycles. The van der Waals surface area contributed by atoms with Gasteiger partial charge in [0.15, 0.2) is 0 Å². The summed E-state index contributed by atoms with van der Waals surface area (Å²) < 4.78 is 5.24. The van der Waals surface area contributed by atoms with Gasteiger partial charge in [0.25, 0.3) is 5.91 Å². The highest BCUT2D eigenvalue weighted by molar-refractivity contribution is 6.06. The van der Waals surface area contributed by atoms with Gasteiger partial charge in [-0.15, -0.1) is 0 Å². The fourth-order valence-electron chi connectivity index (χ4n) is 2.04. The van der Waals surface area contributed by atoms with Crippen LogP contribution in [0.5, 0.6) is 5.75 Å². The van der Waals surface area contributed by atoms with Crippen molar-refractivity contribution in [3.8, 4) is 5.75 Å². The van der Waals surface area contributed by atoms with Gasteiger partial charge in [0.2, 0.25) is 0 Å². The average Bonchev–Trinajstić information content (AvgIpc) is 2.55. The third kappa shape index (κ3) is 4.20. The van der Waals surface area contributed by atoms with Crippen molar-refractivity contribution in [1.29, 1.82) is 0 Å². The minimum Gasteiger partial charge on any atom is -0.496 e. The third-order valence-electron chi connectivity index (χ3n) is 3.24. The molecule has 0 saturated heterocycles. The molecule has 0 spiro atoms. The molecular weight excluding hydrogens is 294 g/mol. The number of carboxylic acids is 1. The van der Waals surface area contributed by atoms with Gasteiger partial charge in [-0.05, 0) is 37.3 Å². The summed E-state index contributed by atoms with van der Waals surface area (Å²) in [5, 5.41) is 11.7. The lowest BCUT2D eigenvalue weighted by Crippen LogP contribution is -2.13.